The summed E-state index contributed by atoms with van der Waals surface area (Å²) in [5, 5.41) is 3.73. The van der Waals surface area contributed by atoms with Gasteiger partial charge in [0, 0.05) is 30.4 Å². The first kappa shape index (κ1) is 15.8. The van der Waals surface area contributed by atoms with E-state index in [-0.39, 0.29) is 11.4 Å². The van der Waals surface area contributed by atoms with Crippen LogP contribution in [-0.2, 0) is 0 Å². The van der Waals surface area contributed by atoms with Gasteiger partial charge in [0.1, 0.15) is 5.82 Å². The Labute approximate surface area is 129 Å². The molecule has 112 valence electrons. The number of hydrogen-bond acceptors (Lipinski definition) is 2. The highest BCUT2D eigenvalue weighted by Gasteiger charge is 2.36. The molecule has 1 fully saturated rings. The summed E-state index contributed by atoms with van der Waals surface area (Å²) in [4.78, 5) is 2.44. The summed E-state index contributed by atoms with van der Waals surface area (Å²) in [5.41, 5.74) is 1.28. The fourth-order valence-corrected chi connectivity index (χ4v) is 3.38. The van der Waals surface area contributed by atoms with E-state index in [1.54, 1.807) is 6.07 Å². The number of piperazine rings is 1. The zero-order chi connectivity index (χ0) is 14.8. The van der Waals surface area contributed by atoms with Gasteiger partial charge >= 0.3 is 0 Å². The van der Waals surface area contributed by atoms with Crippen LogP contribution in [0.25, 0.3) is 0 Å². The molecule has 2 rings (SSSR count). The maximum Gasteiger partial charge on any atom is 0.137 e. The number of hydrogen-bond donors (Lipinski definition) is 1. The molecule has 1 unspecified atom stereocenters. The van der Waals surface area contributed by atoms with Gasteiger partial charge in [-0.05, 0) is 53.4 Å². The maximum atomic E-state index is 13.5. The largest absolute Gasteiger partial charge is 0.365 e. The minimum atomic E-state index is -0.200. The van der Waals surface area contributed by atoms with Gasteiger partial charge in [-0.1, -0.05) is 20.8 Å². The molecule has 1 atom stereocenters. The Morgan fingerprint density at radius 3 is 2.60 bits per heavy atom. The van der Waals surface area contributed by atoms with Gasteiger partial charge in [0.2, 0.25) is 0 Å². The van der Waals surface area contributed by atoms with Crippen LogP contribution in [0, 0.1) is 5.82 Å². The van der Waals surface area contributed by atoms with Crippen LogP contribution in [0.1, 0.15) is 40.0 Å². The standard InChI is InChI=1S/C16H24BrFN2/c1-4-12-10-19-16(5-2,6-3)11-20(12)13-7-8-15(18)14(17)9-13/h7-9,12,19H,4-6,10-11H2,1-3H3. The molecule has 0 bridgehead atoms. The van der Waals surface area contributed by atoms with Gasteiger partial charge in [0.15, 0.2) is 0 Å². The van der Waals surface area contributed by atoms with Crippen molar-refractivity contribution in [3.63, 3.8) is 0 Å². The number of rotatable bonds is 4. The van der Waals surface area contributed by atoms with E-state index >= 15 is 0 Å². The smallest absolute Gasteiger partial charge is 0.137 e. The van der Waals surface area contributed by atoms with Gasteiger partial charge in [0.25, 0.3) is 0 Å². The van der Waals surface area contributed by atoms with Gasteiger partial charge < -0.3 is 10.2 Å². The summed E-state index contributed by atoms with van der Waals surface area (Å²) < 4.78 is 14.0. The van der Waals surface area contributed by atoms with Crippen molar-refractivity contribution in [2.75, 3.05) is 18.0 Å². The summed E-state index contributed by atoms with van der Waals surface area (Å²) in [6.45, 7) is 8.66. The zero-order valence-electron chi connectivity index (χ0n) is 12.5. The van der Waals surface area contributed by atoms with Gasteiger partial charge in [0.05, 0.1) is 4.47 Å². The minimum Gasteiger partial charge on any atom is -0.365 e. The first-order valence-corrected chi connectivity index (χ1v) is 8.31. The lowest BCUT2D eigenvalue weighted by molar-refractivity contribution is 0.246. The van der Waals surface area contributed by atoms with E-state index in [2.05, 4.69) is 46.9 Å². The maximum absolute atomic E-state index is 13.5. The van der Waals surface area contributed by atoms with E-state index in [9.17, 15) is 4.39 Å². The average molecular weight is 343 g/mol. The van der Waals surface area contributed by atoms with Gasteiger partial charge in [-0.25, -0.2) is 4.39 Å². The fourth-order valence-electron chi connectivity index (χ4n) is 3.01. The molecule has 0 saturated carbocycles. The van der Waals surface area contributed by atoms with Crippen LogP contribution in [0.2, 0.25) is 0 Å². The molecule has 0 spiro atoms. The molecule has 1 heterocycles. The molecule has 1 aliphatic heterocycles. The highest BCUT2D eigenvalue weighted by Crippen LogP contribution is 2.31. The van der Waals surface area contributed by atoms with Crippen molar-refractivity contribution in [3.8, 4) is 0 Å². The van der Waals surface area contributed by atoms with E-state index in [0.29, 0.717) is 10.5 Å². The van der Waals surface area contributed by atoms with Crippen molar-refractivity contribution in [2.45, 2.75) is 51.6 Å². The van der Waals surface area contributed by atoms with E-state index in [1.165, 1.54) is 0 Å². The van der Waals surface area contributed by atoms with Gasteiger partial charge in [-0.3, -0.25) is 0 Å². The molecule has 1 aliphatic rings. The second-order valence-corrected chi connectivity index (χ2v) is 6.51. The highest BCUT2D eigenvalue weighted by atomic mass is 79.9. The average Bonchev–Trinajstić information content (AvgIpc) is 2.49. The van der Waals surface area contributed by atoms with E-state index < -0.39 is 0 Å². The van der Waals surface area contributed by atoms with Crippen molar-refractivity contribution >= 4 is 21.6 Å². The Morgan fingerprint density at radius 1 is 1.35 bits per heavy atom. The predicted molar refractivity (Wildman–Crippen MR) is 86.8 cm³/mol. The number of halogens is 2. The Kier molecular flexibility index (Phi) is 5.08. The zero-order valence-corrected chi connectivity index (χ0v) is 14.1. The molecular formula is C16H24BrFN2. The third-order valence-corrected chi connectivity index (χ3v) is 5.29. The van der Waals surface area contributed by atoms with Gasteiger partial charge in [-0.2, -0.15) is 0 Å². The van der Waals surface area contributed by atoms with Crippen LogP contribution in [0.3, 0.4) is 0 Å². The van der Waals surface area contributed by atoms with Crippen LogP contribution >= 0.6 is 15.9 Å². The summed E-state index contributed by atoms with van der Waals surface area (Å²) in [6.07, 6.45) is 3.31. The van der Waals surface area contributed by atoms with Crippen LogP contribution in [0.4, 0.5) is 10.1 Å². The Bertz CT molecular complexity index is 460. The summed E-state index contributed by atoms with van der Waals surface area (Å²) in [6, 6.07) is 5.82. The molecule has 1 aromatic carbocycles. The molecule has 0 aliphatic carbocycles. The first-order valence-electron chi connectivity index (χ1n) is 7.52. The predicted octanol–water partition coefficient (Wildman–Crippen LogP) is 4.34. The fraction of sp³-hybridized carbons (Fsp3) is 0.625. The van der Waals surface area contributed by atoms with Crippen molar-refractivity contribution in [1.29, 1.82) is 0 Å². The third-order valence-electron chi connectivity index (χ3n) is 4.69. The lowest BCUT2D eigenvalue weighted by Crippen LogP contribution is -2.64. The van der Waals surface area contributed by atoms with Crippen molar-refractivity contribution in [2.24, 2.45) is 0 Å². The molecular weight excluding hydrogens is 319 g/mol. The van der Waals surface area contributed by atoms with E-state index in [1.807, 2.05) is 12.1 Å². The molecule has 1 N–H and O–H groups in total. The Morgan fingerprint density at radius 2 is 2.05 bits per heavy atom. The second kappa shape index (κ2) is 6.44. The summed E-state index contributed by atoms with van der Waals surface area (Å²) in [5.74, 6) is -0.200. The van der Waals surface area contributed by atoms with Crippen LogP contribution < -0.4 is 10.2 Å². The van der Waals surface area contributed by atoms with Crippen molar-refractivity contribution in [1.82, 2.24) is 5.32 Å². The molecule has 0 aromatic heterocycles. The molecule has 20 heavy (non-hydrogen) atoms. The lowest BCUT2D eigenvalue weighted by Gasteiger charge is -2.48. The van der Waals surface area contributed by atoms with Crippen molar-refractivity contribution < 1.29 is 4.39 Å². The minimum absolute atomic E-state index is 0.173. The third kappa shape index (κ3) is 3.01. The van der Waals surface area contributed by atoms with Gasteiger partial charge in [-0.15, -0.1) is 0 Å². The quantitative estimate of drug-likeness (QED) is 0.875. The first-order chi connectivity index (χ1) is 9.55. The van der Waals surface area contributed by atoms with Crippen LogP contribution in [0.5, 0.6) is 0 Å². The summed E-state index contributed by atoms with van der Waals surface area (Å²) in [7, 11) is 0. The molecule has 2 nitrogen and oxygen atoms in total. The molecule has 1 saturated heterocycles. The topological polar surface area (TPSA) is 15.3 Å². The normalized spacial score (nSPS) is 22.1. The summed E-state index contributed by atoms with van der Waals surface area (Å²) >= 11 is 3.30. The molecule has 0 amide bonds. The second-order valence-electron chi connectivity index (χ2n) is 5.66. The molecule has 0 radical (unpaired) electrons. The molecule has 1 aromatic rings. The number of nitrogens with one attached hydrogen (secondary N) is 1. The van der Waals surface area contributed by atoms with E-state index in [4.69, 9.17) is 0 Å². The Hall–Kier alpha value is -0.610. The van der Waals surface area contributed by atoms with E-state index in [0.717, 1.165) is 38.0 Å². The Balaban J connectivity index is 2.31. The molecule has 4 heteroatoms. The number of anilines is 1. The van der Waals surface area contributed by atoms with Crippen LogP contribution in [0.15, 0.2) is 22.7 Å². The highest BCUT2D eigenvalue weighted by molar-refractivity contribution is 9.10. The number of benzene rings is 1. The lowest BCUT2D eigenvalue weighted by atomic mass is 9.87. The van der Waals surface area contributed by atoms with Crippen molar-refractivity contribution in [3.05, 3.63) is 28.5 Å². The number of nitrogens with zero attached hydrogens (tertiary/aromatic N) is 1. The van der Waals surface area contributed by atoms with Crippen LogP contribution in [-0.4, -0.2) is 24.7 Å². The monoisotopic (exact) mass is 342 g/mol. The SMILES string of the molecule is CCC1CNC(CC)(CC)CN1c1ccc(F)c(Br)c1.